The molecule has 1 aromatic rings. The first-order valence-corrected chi connectivity index (χ1v) is 9.77. The van der Waals surface area contributed by atoms with Crippen LogP contribution in [0.15, 0.2) is 24.2 Å². The van der Waals surface area contributed by atoms with Crippen LogP contribution in [0, 0.1) is 0 Å². The molecule has 0 radical (unpaired) electrons. The van der Waals surface area contributed by atoms with Crippen molar-refractivity contribution >= 4 is 15.9 Å². The first-order valence-electron chi connectivity index (χ1n) is 7.88. The summed E-state index contributed by atoms with van der Waals surface area (Å²) in [6.07, 6.45) is 10.6. The highest BCUT2D eigenvalue weighted by molar-refractivity contribution is 7.88. The number of nitrogens with zero attached hydrogens (tertiary/aromatic N) is 3. The minimum Gasteiger partial charge on any atom is -0.331 e. The van der Waals surface area contributed by atoms with Crippen LogP contribution in [-0.4, -0.2) is 48.1 Å². The third kappa shape index (κ3) is 3.81. The van der Waals surface area contributed by atoms with E-state index in [0.29, 0.717) is 13.1 Å². The number of carbonyl (C=O) groups is 1. The molecule has 1 aromatic heterocycles. The van der Waals surface area contributed by atoms with Crippen molar-refractivity contribution in [2.75, 3.05) is 19.3 Å². The van der Waals surface area contributed by atoms with E-state index in [1.165, 1.54) is 0 Å². The molecule has 2 heterocycles. The summed E-state index contributed by atoms with van der Waals surface area (Å²) in [5.41, 5.74) is 1.82. The first-order chi connectivity index (χ1) is 10.9. The number of amides is 1. The van der Waals surface area contributed by atoms with Gasteiger partial charge in [0.05, 0.1) is 30.9 Å². The second kappa shape index (κ2) is 6.45. The highest BCUT2D eigenvalue weighted by Crippen LogP contribution is 2.25. The lowest BCUT2D eigenvalue weighted by molar-refractivity contribution is -0.129. The van der Waals surface area contributed by atoms with Crippen LogP contribution in [0.25, 0.3) is 0 Å². The van der Waals surface area contributed by atoms with Gasteiger partial charge >= 0.3 is 0 Å². The second-order valence-corrected chi connectivity index (χ2v) is 8.06. The van der Waals surface area contributed by atoms with E-state index < -0.39 is 10.0 Å². The van der Waals surface area contributed by atoms with Gasteiger partial charge in [-0.15, -0.1) is 0 Å². The fraction of sp³-hybridized carbons (Fsp3) is 0.600. The third-order valence-corrected chi connectivity index (χ3v) is 5.05. The minimum atomic E-state index is -3.27. The van der Waals surface area contributed by atoms with Gasteiger partial charge in [0.2, 0.25) is 15.9 Å². The molecule has 1 amide bonds. The van der Waals surface area contributed by atoms with Crippen LogP contribution in [0.2, 0.25) is 0 Å². The summed E-state index contributed by atoms with van der Waals surface area (Å²) in [5.74, 6) is 0.0708. The van der Waals surface area contributed by atoms with Gasteiger partial charge in [-0.1, -0.05) is 6.08 Å². The van der Waals surface area contributed by atoms with Crippen LogP contribution in [0.4, 0.5) is 0 Å². The zero-order valence-corrected chi connectivity index (χ0v) is 14.1. The Labute approximate surface area is 136 Å². The number of sulfonamides is 1. The quantitative estimate of drug-likeness (QED) is 0.881. The van der Waals surface area contributed by atoms with Crippen LogP contribution in [0.1, 0.15) is 37.4 Å². The zero-order chi connectivity index (χ0) is 16.4. The highest BCUT2D eigenvalue weighted by atomic mass is 32.2. The summed E-state index contributed by atoms with van der Waals surface area (Å²) in [4.78, 5) is 18.7. The van der Waals surface area contributed by atoms with Crippen molar-refractivity contribution in [2.45, 2.75) is 38.3 Å². The van der Waals surface area contributed by atoms with Crippen molar-refractivity contribution in [1.29, 1.82) is 0 Å². The molecule has 0 saturated heterocycles. The molecule has 7 nitrogen and oxygen atoms in total. The van der Waals surface area contributed by atoms with Crippen molar-refractivity contribution < 1.29 is 13.2 Å². The van der Waals surface area contributed by atoms with Gasteiger partial charge in [-0.25, -0.2) is 18.1 Å². The van der Waals surface area contributed by atoms with Crippen LogP contribution in [0.3, 0.4) is 0 Å². The number of hydrogen-bond donors (Lipinski definition) is 1. The van der Waals surface area contributed by atoms with Crippen molar-refractivity contribution in [1.82, 2.24) is 19.2 Å². The number of allylic oxidation sites excluding steroid dienone is 1. The molecule has 0 saturated carbocycles. The minimum absolute atomic E-state index is 0.0708. The van der Waals surface area contributed by atoms with Crippen LogP contribution >= 0.6 is 0 Å². The Morgan fingerprint density at radius 2 is 2.26 bits per heavy atom. The molecular formula is C15H22N4O3S. The predicted molar refractivity (Wildman–Crippen MR) is 86.1 cm³/mol. The molecule has 1 atom stereocenters. The average molecular weight is 338 g/mol. The molecule has 0 fully saturated rings. The number of nitrogens with one attached hydrogen (secondary N) is 1. The zero-order valence-electron chi connectivity index (χ0n) is 13.2. The standard InChI is InChI=1S/C15H22N4O3S/c1-23(21,22)17-8-14-10-18(9-13-7-16-11-19(13)14)15(20)12-5-3-2-4-6-12/h5,7,11,14,17H,2-4,6,8-10H2,1H3/t14-/m0/s1. The molecule has 0 bridgehead atoms. The topological polar surface area (TPSA) is 84.3 Å². The normalized spacial score (nSPS) is 21.7. The van der Waals surface area contributed by atoms with Crippen molar-refractivity contribution in [3.8, 4) is 0 Å². The van der Waals surface area contributed by atoms with Gasteiger partial charge in [0.15, 0.2) is 0 Å². The van der Waals surface area contributed by atoms with Gasteiger partial charge in [-0.05, 0) is 25.7 Å². The molecule has 2 aliphatic rings. The Kier molecular flexibility index (Phi) is 4.54. The van der Waals surface area contributed by atoms with Crippen molar-refractivity contribution in [3.05, 3.63) is 29.9 Å². The molecule has 8 heteroatoms. The summed E-state index contributed by atoms with van der Waals surface area (Å²) < 4.78 is 27.2. The number of imidazole rings is 1. The third-order valence-electron chi connectivity index (χ3n) is 4.36. The van der Waals surface area contributed by atoms with Gasteiger partial charge < -0.3 is 9.47 Å². The Bertz CT molecular complexity index is 723. The van der Waals surface area contributed by atoms with Gasteiger partial charge in [0.25, 0.3) is 0 Å². The number of hydrogen-bond acceptors (Lipinski definition) is 4. The first kappa shape index (κ1) is 16.2. The fourth-order valence-corrected chi connectivity index (χ4v) is 3.68. The van der Waals surface area contributed by atoms with E-state index in [2.05, 4.69) is 9.71 Å². The average Bonchev–Trinajstić information content (AvgIpc) is 3.00. The molecule has 1 N–H and O–H groups in total. The Morgan fingerprint density at radius 1 is 1.43 bits per heavy atom. The molecule has 1 aliphatic carbocycles. The second-order valence-electron chi connectivity index (χ2n) is 6.23. The Balaban J connectivity index is 1.77. The monoisotopic (exact) mass is 338 g/mol. The molecule has 0 unspecified atom stereocenters. The smallest absolute Gasteiger partial charge is 0.249 e. The van der Waals surface area contributed by atoms with Crippen molar-refractivity contribution in [2.24, 2.45) is 0 Å². The molecule has 1 aliphatic heterocycles. The molecule has 3 rings (SSSR count). The van der Waals surface area contributed by atoms with E-state index in [4.69, 9.17) is 0 Å². The van der Waals surface area contributed by atoms with Crippen LogP contribution in [-0.2, 0) is 21.4 Å². The van der Waals surface area contributed by atoms with E-state index in [1.807, 2.05) is 15.5 Å². The number of rotatable bonds is 4. The lowest BCUT2D eigenvalue weighted by Crippen LogP contribution is -2.45. The molecule has 23 heavy (non-hydrogen) atoms. The van der Waals surface area contributed by atoms with Gasteiger partial charge in [-0.3, -0.25) is 4.79 Å². The number of carbonyl (C=O) groups excluding carboxylic acids is 1. The van der Waals surface area contributed by atoms with E-state index in [0.717, 1.165) is 43.2 Å². The van der Waals surface area contributed by atoms with Gasteiger partial charge in [0.1, 0.15) is 0 Å². The lowest BCUT2D eigenvalue weighted by atomic mass is 9.98. The maximum atomic E-state index is 12.7. The van der Waals surface area contributed by atoms with E-state index in [1.54, 1.807) is 12.5 Å². The van der Waals surface area contributed by atoms with E-state index >= 15 is 0 Å². The summed E-state index contributed by atoms with van der Waals surface area (Å²) in [6.45, 7) is 1.26. The SMILES string of the molecule is CS(=O)(=O)NC[C@H]1CN(C(=O)C2=CCCCC2)Cc2cncn21. The summed E-state index contributed by atoms with van der Waals surface area (Å²) in [5, 5.41) is 0. The number of fused-ring (bicyclic) bond motifs is 1. The molecule has 0 spiro atoms. The molecule has 126 valence electrons. The summed E-state index contributed by atoms with van der Waals surface area (Å²) >= 11 is 0. The predicted octanol–water partition coefficient (Wildman–Crippen LogP) is 0.816. The van der Waals surface area contributed by atoms with E-state index in [9.17, 15) is 13.2 Å². The lowest BCUT2D eigenvalue weighted by Gasteiger charge is -2.35. The number of aromatic nitrogens is 2. The van der Waals surface area contributed by atoms with Gasteiger partial charge in [0, 0.05) is 24.9 Å². The largest absolute Gasteiger partial charge is 0.331 e. The fourth-order valence-electron chi connectivity index (χ4n) is 3.19. The molecular weight excluding hydrogens is 316 g/mol. The summed E-state index contributed by atoms with van der Waals surface area (Å²) in [7, 11) is -3.27. The molecule has 0 aromatic carbocycles. The maximum absolute atomic E-state index is 12.7. The van der Waals surface area contributed by atoms with Crippen molar-refractivity contribution in [3.63, 3.8) is 0 Å². The van der Waals surface area contributed by atoms with Crippen LogP contribution in [0.5, 0.6) is 0 Å². The summed E-state index contributed by atoms with van der Waals surface area (Å²) in [6, 6.07) is -0.135. The van der Waals surface area contributed by atoms with E-state index in [-0.39, 0.29) is 18.5 Å². The van der Waals surface area contributed by atoms with Gasteiger partial charge in [-0.2, -0.15) is 0 Å². The Morgan fingerprint density at radius 3 is 2.96 bits per heavy atom. The highest BCUT2D eigenvalue weighted by Gasteiger charge is 2.30. The Hall–Kier alpha value is -1.67. The maximum Gasteiger partial charge on any atom is 0.249 e. The van der Waals surface area contributed by atoms with Crippen LogP contribution < -0.4 is 4.72 Å².